The molecule has 0 aromatic heterocycles. The number of hydrogen-bond acceptors (Lipinski definition) is 2. The first-order valence-electron chi connectivity index (χ1n) is 5.66. The van der Waals surface area contributed by atoms with Crippen LogP contribution in [0.1, 0.15) is 20.3 Å². The third-order valence-corrected chi connectivity index (χ3v) is 2.41. The van der Waals surface area contributed by atoms with Gasteiger partial charge in [-0.15, -0.1) is 0 Å². The largest absolute Gasteiger partial charge is 0.325 e. The highest BCUT2D eigenvalue weighted by molar-refractivity contribution is 5.94. The van der Waals surface area contributed by atoms with Crippen LogP contribution in [0.2, 0.25) is 0 Å². The minimum Gasteiger partial charge on any atom is -0.325 e. The molecule has 0 aliphatic heterocycles. The summed E-state index contributed by atoms with van der Waals surface area (Å²) in [5, 5.41) is 5.94. The minimum atomic E-state index is -0.125. The van der Waals surface area contributed by atoms with Crippen LogP contribution in [-0.4, -0.2) is 19.0 Å². The van der Waals surface area contributed by atoms with E-state index in [2.05, 4.69) is 24.5 Å². The van der Waals surface area contributed by atoms with Crippen molar-refractivity contribution in [3.8, 4) is 0 Å². The van der Waals surface area contributed by atoms with Gasteiger partial charge >= 0.3 is 0 Å². The SMILES string of the molecule is CNC(CC(C)C)C(=O)Nc1ccccc1. The van der Waals surface area contributed by atoms with Crippen LogP contribution in [0, 0.1) is 5.92 Å². The summed E-state index contributed by atoms with van der Waals surface area (Å²) in [6.07, 6.45) is 0.842. The second-order valence-corrected chi connectivity index (χ2v) is 4.33. The van der Waals surface area contributed by atoms with E-state index < -0.39 is 0 Å². The zero-order valence-corrected chi connectivity index (χ0v) is 10.2. The van der Waals surface area contributed by atoms with Crippen molar-refractivity contribution in [3.05, 3.63) is 30.3 Å². The average molecular weight is 220 g/mol. The maximum absolute atomic E-state index is 11.9. The van der Waals surface area contributed by atoms with Crippen molar-refractivity contribution >= 4 is 11.6 Å². The van der Waals surface area contributed by atoms with Crippen molar-refractivity contribution in [2.24, 2.45) is 5.92 Å². The summed E-state index contributed by atoms with van der Waals surface area (Å²) in [5.41, 5.74) is 0.844. The smallest absolute Gasteiger partial charge is 0.241 e. The first-order valence-corrected chi connectivity index (χ1v) is 5.66. The molecule has 1 unspecified atom stereocenters. The molecule has 3 heteroatoms. The molecule has 1 rings (SSSR count). The second kappa shape index (κ2) is 6.28. The molecule has 1 aromatic carbocycles. The molecule has 3 nitrogen and oxygen atoms in total. The van der Waals surface area contributed by atoms with Crippen LogP contribution in [0.25, 0.3) is 0 Å². The highest BCUT2D eigenvalue weighted by Crippen LogP contribution is 2.09. The lowest BCUT2D eigenvalue weighted by molar-refractivity contribution is -0.118. The van der Waals surface area contributed by atoms with Crippen molar-refractivity contribution < 1.29 is 4.79 Å². The predicted octanol–water partition coefficient (Wildman–Crippen LogP) is 2.26. The van der Waals surface area contributed by atoms with Gasteiger partial charge in [0.05, 0.1) is 6.04 Å². The number of rotatable bonds is 5. The third-order valence-electron chi connectivity index (χ3n) is 2.41. The number of para-hydroxylation sites is 1. The molecule has 16 heavy (non-hydrogen) atoms. The van der Waals surface area contributed by atoms with Crippen LogP contribution in [0.3, 0.4) is 0 Å². The quantitative estimate of drug-likeness (QED) is 0.799. The van der Waals surface area contributed by atoms with Crippen LogP contribution in [-0.2, 0) is 4.79 Å². The Labute approximate surface area is 97.2 Å². The number of amides is 1. The van der Waals surface area contributed by atoms with Gasteiger partial charge in [0.25, 0.3) is 0 Å². The van der Waals surface area contributed by atoms with Crippen LogP contribution >= 0.6 is 0 Å². The van der Waals surface area contributed by atoms with Gasteiger partial charge in [0, 0.05) is 5.69 Å². The number of hydrogen-bond donors (Lipinski definition) is 2. The number of carbonyl (C=O) groups excluding carboxylic acids is 1. The Morgan fingerprint density at radius 1 is 1.25 bits per heavy atom. The number of anilines is 1. The Hall–Kier alpha value is -1.35. The molecule has 0 spiro atoms. The van der Waals surface area contributed by atoms with E-state index in [1.807, 2.05) is 37.4 Å². The van der Waals surface area contributed by atoms with Gasteiger partial charge in [0.2, 0.25) is 5.91 Å². The van der Waals surface area contributed by atoms with Gasteiger partial charge in [-0.1, -0.05) is 32.0 Å². The standard InChI is InChI=1S/C13H20N2O/c1-10(2)9-12(14-3)13(16)15-11-7-5-4-6-8-11/h4-8,10,12,14H,9H2,1-3H3,(H,15,16). The topological polar surface area (TPSA) is 41.1 Å². The molecule has 0 saturated heterocycles. The Morgan fingerprint density at radius 3 is 2.38 bits per heavy atom. The number of nitrogens with one attached hydrogen (secondary N) is 2. The van der Waals surface area contributed by atoms with E-state index in [1.54, 1.807) is 0 Å². The predicted molar refractivity (Wildman–Crippen MR) is 67.4 cm³/mol. The summed E-state index contributed by atoms with van der Waals surface area (Å²) in [4.78, 5) is 11.9. The summed E-state index contributed by atoms with van der Waals surface area (Å²) in [7, 11) is 1.82. The highest BCUT2D eigenvalue weighted by atomic mass is 16.2. The van der Waals surface area contributed by atoms with E-state index in [-0.39, 0.29) is 11.9 Å². The molecule has 1 amide bonds. The summed E-state index contributed by atoms with van der Waals surface area (Å²) in [6, 6.07) is 9.40. The van der Waals surface area contributed by atoms with Gasteiger partial charge in [-0.3, -0.25) is 4.79 Å². The Balaban J connectivity index is 2.56. The number of likely N-dealkylation sites (N-methyl/N-ethyl adjacent to an activating group) is 1. The molecule has 2 N–H and O–H groups in total. The van der Waals surface area contributed by atoms with Gasteiger partial charge in [-0.2, -0.15) is 0 Å². The van der Waals surface area contributed by atoms with E-state index in [9.17, 15) is 4.79 Å². The Bertz CT molecular complexity index is 322. The van der Waals surface area contributed by atoms with Crippen molar-refractivity contribution in [2.45, 2.75) is 26.3 Å². The zero-order chi connectivity index (χ0) is 12.0. The van der Waals surface area contributed by atoms with E-state index >= 15 is 0 Å². The molecule has 1 aromatic rings. The normalized spacial score (nSPS) is 12.5. The second-order valence-electron chi connectivity index (χ2n) is 4.33. The van der Waals surface area contributed by atoms with E-state index in [0.717, 1.165) is 12.1 Å². The molecule has 0 aliphatic rings. The first kappa shape index (κ1) is 12.7. The Morgan fingerprint density at radius 2 is 1.88 bits per heavy atom. The van der Waals surface area contributed by atoms with Crippen LogP contribution < -0.4 is 10.6 Å². The Kier molecular flexibility index (Phi) is 4.99. The lowest BCUT2D eigenvalue weighted by atomic mass is 10.0. The molecule has 0 heterocycles. The molecule has 1 atom stereocenters. The molecular weight excluding hydrogens is 200 g/mol. The summed E-state index contributed by atoms with van der Waals surface area (Å²) < 4.78 is 0. The van der Waals surface area contributed by atoms with Gasteiger partial charge in [-0.25, -0.2) is 0 Å². The van der Waals surface area contributed by atoms with Crippen molar-refractivity contribution in [2.75, 3.05) is 12.4 Å². The maximum atomic E-state index is 11.9. The summed E-state index contributed by atoms with van der Waals surface area (Å²) in [5.74, 6) is 0.529. The van der Waals surface area contributed by atoms with Gasteiger partial charge < -0.3 is 10.6 Å². The van der Waals surface area contributed by atoms with E-state index in [4.69, 9.17) is 0 Å². The molecule has 0 saturated carbocycles. The van der Waals surface area contributed by atoms with Gasteiger partial charge in [0.1, 0.15) is 0 Å². The number of carbonyl (C=O) groups is 1. The van der Waals surface area contributed by atoms with Gasteiger partial charge in [0.15, 0.2) is 0 Å². The molecular formula is C13H20N2O. The minimum absolute atomic E-state index is 0.0300. The third kappa shape index (κ3) is 4.03. The summed E-state index contributed by atoms with van der Waals surface area (Å²) >= 11 is 0. The lowest BCUT2D eigenvalue weighted by Gasteiger charge is -2.17. The van der Waals surface area contributed by atoms with Crippen LogP contribution in [0.15, 0.2) is 30.3 Å². The van der Waals surface area contributed by atoms with Crippen molar-refractivity contribution in [1.29, 1.82) is 0 Å². The summed E-state index contributed by atoms with van der Waals surface area (Å²) in [6.45, 7) is 4.22. The first-order chi connectivity index (χ1) is 7.63. The molecule has 88 valence electrons. The molecule has 0 fully saturated rings. The van der Waals surface area contributed by atoms with E-state index in [1.165, 1.54) is 0 Å². The maximum Gasteiger partial charge on any atom is 0.241 e. The fourth-order valence-electron chi connectivity index (χ4n) is 1.58. The average Bonchev–Trinajstić information content (AvgIpc) is 2.26. The fraction of sp³-hybridized carbons (Fsp3) is 0.462. The lowest BCUT2D eigenvalue weighted by Crippen LogP contribution is -2.39. The molecule has 0 radical (unpaired) electrons. The van der Waals surface area contributed by atoms with Crippen LogP contribution in [0.5, 0.6) is 0 Å². The molecule has 0 bridgehead atoms. The van der Waals surface area contributed by atoms with Crippen molar-refractivity contribution in [3.63, 3.8) is 0 Å². The monoisotopic (exact) mass is 220 g/mol. The molecule has 0 aliphatic carbocycles. The number of benzene rings is 1. The van der Waals surface area contributed by atoms with Gasteiger partial charge in [-0.05, 0) is 31.5 Å². The van der Waals surface area contributed by atoms with E-state index in [0.29, 0.717) is 5.92 Å². The van der Waals surface area contributed by atoms with Crippen LogP contribution in [0.4, 0.5) is 5.69 Å². The fourth-order valence-corrected chi connectivity index (χ4v) is 1.58. The highest BCUT2D eigenvalue weighted by Gasteiger charge is 2.17. The zero-order valence-electron chi connectivity index (χ0n) is 10.2. The van der Waals surface area contributed by atoms with Crippen molar-refractivity contribution in [1.82, 2.24) is 5.32 Å².